The highest BCUT2D eigenvalue weighted by atomic mass is 35.5. The Morgan fingerprint density at radius 3 is 2.82 bits per heavy atom. The van der Waals surface area contributed by atoms with Gasteiger partial charge >= 0.3 is 5.69 Å². The van der Waals surface area contributed by atoms with E-state index in [9.17, 15) is 15.2 Å². The maximum Gasteiger partial charge on any atom is 0.312 e. The van der Waals surface area contributed by atoms with E-state index in [0.29, 0.717) is 0 Å². The Labute approximate surface area is 103 Å². The summed E-state index contributed by atoms with van der Waals surface area (Å²) in [4.78, 5) is 14.2. The van der Waals surface area contributed by atoms with Crippen LogP contribution in [-0.2, 0) is 0 Å². The number of aliphatic hydroxyl groups is 1. The van der Waals surface area contributed by atoms with Gasteiger partial charge in [-0.1, -0.05) is 11.6 Å². The molecule has 0 saturated heterocycles. The summed E-state index contributed by atoms with van der Waals surface area (Å²) >= 11 is 5.67. The molecule has 0 atom stereocenters. The van der Waals surface area contributed by atoms with E-state index in [4.69, 9.17) is 11.6 Å². The largest absolute Gasteiger partial charge is 0.394 e. The third-order valence-electron chi connectivity index (χ3n) is 3.03. The lowest BCUT2D eigenvalue weighted by atomic mass is 9.77. The standard InChI is InChI=1S/C10H12ClN3O3/c11-7-4-8(14(16)17)9(12-5-7)13-10(6-15)2-1-3-10/h4-5,15H,1-3,6H2,(H,12,13). The smallest absolute Gasteiger partial charge is 0.312 e. The number of nitrogens with one attached hydrogen (secondary N) is 1. The first-order valence-corrected chi connectivity index (χ1v) is 5.63. The number of rotatable bonds is 4. The average Bonchev–Trinajstić information content (AvgIpc) is 2.25. The number of anilines is 1. The van der Waals surface area contributed by atoms with Crippen molar-refractivity contribution in [2.45, 2.75) is 24.8 Å². The summed E-state index contributed by atoms with van der Waals surface area (Å²) in [7, 11) is 0. The van der Waals surface area contributed by atoms with E-state index in [1.54, 1.807) is 0 Å². The number of aromatic nitrogens is 1. The number of nitro groups is 1. The van der Waals surface area contributed by atoms with E-state index < -0.39 is 10.5 Å². The minimum absolute atomic E-state index is 0.0611. The molecule has 2 rings (SSSR count). The number of pyridine rings is 1. The van der Waals surface area contributed by atoms with Crippen molar-refractivity contribution < 1.29 is 10.0 Å². The zero-order valence-corrected chi connectivity index (χ0v) is 9.78. The third kappa shape index (κ3) is 2.32. The lowest BCUT2D eigenvalue weighted by Crippen LogP contribution is -2.48. The van der Waals surface area contributed by atoms with Gasteiger partial charge in [0.1, 0.15) is 0 Å². The van der Waals surface area contributed by atoms with E-state index in [-0.39, 0.29) is 23.1 Å². The van der Waals surface area contributed by atoms with Gasteiger partial charge in [-0.05, 0) is 19.3 Å². The van der Waals surface area contributed by atoms with Crippen LogP contribution in [0.2, 0.25) is 5.02 Å². The highest BCUT2D eigenvalue weighted by Gasteiger charge is 2.38. The second-order valence-electron chi connectivity index (χ2n) is 4.20. The van der Waals surface area contributed by atoms with E-state index in [2.05, 4.69) is 10.3 Å². The quantitative estimate of drug-likeness (QED) is 0.636. The van der Waals surface area contributed by atoms with E-state index in [1.165, 1.54) is 12.3 Å². The molecule has 1 aromatic heterocycles. The summed E-state index contributed by atoms with van der Waals surface area (Å²) in [5.74, 6) is 0.160. The fraction of sp³-hybridized carbons (Fsp3) is 0.500. The minimum Gasteiger partial charge on any atom is -0.394 e. The number of halogens is 1. The lowest BCUT2D eigenvalue weighted by molar-refractivity contribution is -0.384. The Morgan fingerprint density at radius 1 is 1.65 bits per heavy atom. The van der Waals surface area contributed by atoms with Gasteiger partial charge in [-0.15, -0.1) is 0 Å². The summed E-state index contributed by atoms with van der Waals surface area (Å²) in [5, 5.41) is 23.3. The molecule has 0 aliphatic heterocycles. The van der Waals surface area contributed by atoms with Crippen molar-refractivity contribution in [3.63, 3.8) is 0 Å². The van der Waals surface area contributed by atoms with Gasteiger partial charge < -0.3 is 10.4 Å². The topological polar surface area (TPSA) is 88.3 Å². The average molecular weight is 258 g/mol. The Bertz CT molecular complexity index is 443. The van der Waals surface area contributed by atoms with Crippen LogP contribution in [0.5, 0.6) is 0 Å². The second-order valence-corrected chi connectivity index (χ2v) is 4.63. The number of hydrogen-bond donors (Lipinski definition) is 2. The predicted molar refractivity (Wildman–Crippen MR) is 63.2 cm³/mol. The molecule has 1 aromatic rings. The van der Waals surface area contributed by atoms with Crippen LogP contribution in [0.15, 0.2) is 12.3 Å². The van der Waals surface area contributed by atoms with E-state index >= 15 is 0 Å². The highest BCUT2D eigenvalue weighted by molar-refractivity contribution is 6.30. The summed E-state index contributed by atoms with van der Waals surface area (Å²) in [6, 6.07) is 1.25. The molecule has 0 radical (unpaired) electrons. The first kappa shape index (κ1) is 12.1. The molecule has 0 bridgehead atoms. The zero-order chi connectivity index (χ0) is 12.5. The van der Waals surface area contributed by atoms with E-state index in [0.717, 1.165) is 19.3 Å². The summed E-state index contributed by atoms with van der Waals surface area (Å²) in [6.45, 7) is -0.0611. The van der Waals surface area contributed by atoms with Gasteiger partial charge in [-0.2, -0.15) is 0 Å². The summed E-state index contributed by atoms with van der Waals surface area (Å²) in [5.41, 5.74) is -0.636. The summed E-state index contributed by atoms with van der Waals surface area (Å²) < 4.78 is 0. The first-order valence-electron chi connectivity index (χ1n) is 5.25. The van der Waals surface area contributed by atoms with Crippen LogP contribution < -0.4 is 5.32 Å². The van der Waals surface area contributed by atoms with Crippen LogP contribution in [0.3, 0.4) is 0 Å². The number of aliphatic hydroxyl groups excluding tert-OH is 1. The van der Waals surface area contributed by atoms with Crippen LogP contribution >= 0.6 is 11.6 Å². The highest BCUT2D eigenvalue weighted by Crippen LogP contribution is 2.37. The van der Waals surface area contributed by atoms with Crippen molar-refractivity contribution in [2.24, 2.45) is 0 Å². The fourth-order valence-electron chi connectivity index (χ4n) is 1.84. The molecule has 2 N–H and O–H groups in total. The van der Waals surface area contributed by atoms with Gasteiger partial charge in [0.15, 0.2) is 0 Å². The molecule has 7 heteroatoms. The summed E-state index contributed by atoms with van der Waals surface area (Å²) in [6.07, 6.45) is 3.91. The van der Waals surface area contributed by atoms with Gasteiger partial charge in [-0.25, -0.2) is 4.98 Å². The first-order chi connectivity index (χ1) is 8.06. The minimum atomic E-state index is -0.537. The van der Waals surface area contributed by atoms with Crippen molar-refractivity contribution in [3.05, 3.63) is 27.4 Å². The third-order valence-corrected chi connectivity index (χ3v) is 3.23. The van der Waals surface area contributed by atoms with Crippen molar-refractivity contribution in [2.75, 3.05) is 11.9 Å². The Hall–Kier alpha value is -1.40. The van der Waals surface area contributed by atoms with Crippen LogP contribution in [0.4, 0.5) is 11.5 Å². The van der Waals surface area contributed by atoms with Gasteiger partial charge in [0.05, 0.1) is 22.1 Å². The predicted octanol–water partition coefficient (Wildman–Crippen LogP) is 1.97. The van der Waals surface area contributed by atoms with Crippen LogP contribution in [-0.4, -0.2) is 27.2 Å². The van der Waals surface area contributed by atoms with Crippen molar-refractivity contribution in [1.29, 1.82) is 0 Å². The SMILES string of the molecule is O=[N+]([O-])c1cc(Cl)cnc1NC1(CO)CCC1. The van der Waals surface area contributed by atoms with Gasteiger partial charge in [-0.3, -0.25) is 10.1 Å². The molecule has 6 nitrogen and oxygen atoms in total. The number of hydrogen-bond acceptors (Lipinski definition) is 5. The normalized spacial score (nSPS) is 17.3. The van der Waals surface area contributed by atoms with Crippen molar-refractivity contribution >= 4 is 23.1 Å². The van der Waals surface area contributed by atoms with Crippen LogP contribution in [0.1, 0.15) is 19.3 Å². The Morgan fingerprint density at radius 2 is 2.35 bits per heavy atom. The maximum absolute atomic E-state index is 10.9. The molecule has 17 heavy (non-hydrogen) atoms. The van der Waals surface area contributed by atoms with E-state index in [1.807, 2.05) is 0 Å². The van der Waals surface area contributed by atoms with Gasteiger partial charge in [0.25, 0.3) is 0 Å². The Balaban J connectivity index is 2.29. The molecule has 1 heterocycles. The fourth-order valence-corrected chi connectivity index (χ4v) is 1.99. The second kappa shape index (κ2) is 4.46. The molecule has 1 saturated carbocycles. The number of nitrogens with zero attached hydrogens (tertiary/aromatic N) is 2. The van der Waals surface area contributed by atoms with Crippen molar-refractivity contribution in [3.8, 4) is 0 Å². The van der Waals surface area contributed by atoms with Crippen molar-refractivity contribution in [1.82, 2.24) is 4.98 Å². The zero-order valence-electron chi connectivity index (χ0n) is 9.02. The van der Waals surface area contributed by atoms with Gasteiger partial charge in [0, 0.05) is 12.3 Å². The monoisotopic (exact) mass is 257 g/mol. The molecular formula is C10H12ClN3O3. The van der Waals surface area contributed by atoms with Gasteiger partial charge in [0.2, 0.25) is 5.82 Å². The molecule has 1 aliphatic rings. The Kier molecular flexibility index (Phi) is 3.17. The molecule has 0 aromatic carbocycles. The lowest BCUT2D eigenvalue weighted by Gasteiger charge is -2.41. The molecule has 0 unspecified atom stereocenters. The van der Waals surface area contributed by atoms with Crippen LogP contribution in [0.25, 0.3) is 0 Å². The molecule has 0 spiro atoms. The van der Waals surface area contributed by atoms with Crippen LogP contribution in [0, 0.1) is 10.1 Å². The molecule has 0 amide bonds. The maximum atomic E-state index is 10.9. The molecule has 92 valence electrons. The molecular weight excluding hydrogens is 246 g/mol. The molecule has 1 aliphatic carbocycles. The molecule has 1 fully saturated rings.